The van der Waals surface area contributed by atoms with Crippen LogP contribution >= 0.6 is 0 Å². The molecular weight excluding hydrogens is 434 g/mol. The minimum Gasteiger partial charge on any atom is -0.488 e. The van der Waals surface area contributed by atoms with E-state index < -0.39 is 48.0 Å². The zero-order chi connectivity index (χ0) is 24.1. The van der Waals surface area contributed by atoms with Gasteiger partial charge in [0.05, 0.1) is 6.04 Å². The Hall–Kier alpha value is -3.37. The van der Waals surface area contributed by atoms with Gasteiger partial charge < -0.3 is 20.5 Å². The van der Waals surface area contributed by atoms with E-state index in [0.29, 0.717) is 0 Å². The predicted octanol–water partition coefficient (Wildman–Crippen LogP) is 4.93. The fraction of sp³-hybridized carbons (Fsp3) is 0.381. The Bertz CT molecular complexity index is 980. The van der Waals surface area contributed by atoms with E-state index in [9.17, 15) is 27.2 Å². The number of anilines is 1. The highest BCUT2D eigenvalue weighted by Crippen LogP contribution is 2.41. The minimum absolute atomic E-state index is 0.0225. The van der Waals surface area contributed by atoms with Gasteiger partial charge in [-0.25, -0.2) is 14.2 Å². The van der Waals surface area contributed by atoms with Crippen LogP contribution in [0.25, 0.3) is 11.1 Å². The number of benzene rings is 1. The molecule has 1 aromatic heterocycles. The van der Waals surface area contributed by atoms with Crippen molar-refractivity contribution in [3.63, 3.8) is 0 Å². The van der Waals surface area contributed by atoms with Gasteiger partial charge in [0, 0.05) is 13.1 Å². The zero-order valence-corrected chi connectivity index (χ0v) is 17.6. The molecule has 2 rings (SSSR count). The van der Waals surface area contributed by atoms with Gasteiger partial charge in [-0.2, -0.15) is 13.2 Å². The molecule has 0 radical (unpaired) electrons. The first-order valence-corrected chi connectivity index (χ1v) is 9.63. The van der Waals surface area contributed by atoms with Crippen molar-refractivity contribution in [3.8, 4) is 16.9 Å². The van der Waals surface area contributed by atoms with Crippen LogP contribution in [0.2, 0.25) is 0 Å². The van der Waals surface area contributed by atoms with E-state index in [1.54, 1.807) is 13.8 Å². The third-order valence-electron chi connectivity index (χ3n) is 4.26. The van der Waals surface area contributed by atoms with Gasteiger partial charge >= 0.3 is 12.3 Å². The number of carbonyl (C=O) groups excluding carboxylic acids is 1. The summed E-state index contributed by atoms with van der Waals surface area (Å²) < 4.78 is 61.0. The van der Waals surface area contributed by atoms with Gasteiger partial charge in [-0.15, -0.1) is 0 Å². The first kappa shape index (κ1) is 24.9. The Morgan fingerprint density at radius 3 is 2.44 bits per heavy atom. The molecule has 2 aromatic rings. The van der Waals surface area contributed by atoms with Gasteiger partial charge in [0.2, 0.25) is 5.91 Å². The topological polar surface area (TPSA) is 101 Å². The molecule has 0 aliphatic heterocycles. The van der Waals surface area contributed by atoms with E-state index in [2.05, 4.69) is 15.6 Å². The number of ether oxygens (including phenoxy) is 1. The SMILES string of the molecule is CC(=O)Nc1cc(-c2cc(F)c(OCC(CC(C)C)NC(=O)O)c(C(F)(F)F)c2)ccn1. The summed E-state index contributed by atoms with van der Waals surface area (Å²) in [6.07, 6.45) is -4.74. The maximum atomic E-state index is 14.8. The maximum absolute atomic E-state index is 14.8. The lowest BCUT2D eigenvalue weighted by Gasteiger charge is -2.22. The third kappa shape index (κ3) is 7.10. The standard InChI is InChI=1S/C21H23F4N3O4/c1-11(2)6-15(28-20(30)31)10-32-19-16(21(23,24)25)7-14(8-17(19)22)13-4-5-26-18(9-13)27-12(3)29/h4-5,7-9,11,15,28H,6,10H2,1-3H3,(H,30,31)(H,26,27,29). The molecule has 7 nitrogen and oxygen atoms in total. The number of nitrogens with one attached hydrogen (secondary N) is 2. The Kier molecular flexibility index (Phi) is 8.01. The van der Waals surface area contributed by atoms with Crippen molar-refractivity contribution in [1.29, 1.82) is 0 Å². The van der Waals surface area contributed by atoms with E-state index in [1.807, 2.05) is 0 Å². The molecule has 0 aliphatic carbocycles. The van der Waals surface area contributed by atoms with Crippen LogP contribution < -0.4 is 15.4 Å². The second-order valence-electron chi connectivity index (χ2n) is 7.53. The van der Waals surface area contributed by atoms with Crippen LogP contribution in [0.5, 0.6) is 5.75 Å². The summed E-state index contributed by atoms with van der Waals surface area (Å²) >= 11 is 0. The number of nitrogens with zero attached hydrogens (tertiary/aromatic N) is 1. The number of pyridine rings is 1. The van der Waals surface area contributed by atoms with Crippen LogP contribution in [0.3, 0.4) is 0 Å². The van der Waals surface area contributed by atoms with Crippen LogP contribution in [0, 0.1) is 11.7 Å². The van der Waals surface area contributed by atoms with Crippen molar-refractivity contribution in [2.45, 2.75) is 39.4 Å². The summed E-state index contributed by atoms with van der Waals surface area (Å²) in [5.74, 6) is -2.58. The van der Waals surface area contributed by atoms with Crippen molar-refractivity contribution in [1.82, 2.24) is 10.3 Å². The molecule has 11 heteroatoms. The molecule has 2 amide bonds. The Balaban J connectivity index is 2.41. The molecule has 0 bridgehead atoms. The number of halogens is 4. The molecule has 3 N–H and O–H groups in total. The summed E-state index contributed by atoms with van der Waals surface area (Å²) in [5, 5.41) is 13.5. The number of amides is 2. The molecular formula is C21H23F4N3O4. The summed E-state index contributed by atoms with van der Waals surface area (Å²) in [5.41, 5.74) is -1.24. The number of aromatic nitrogens is 1. The maximum Gasteiger partial charge on any atom is 0.420 e. The predicted molar refractivity (Wildman–Crippen MR) is 109 cm³/mol. The fourth-order valence-electron chi connectivity index (χ4n) is 3.07. The van der Waals surface area contributed by atoms with Crippen LogP contribution in [0.15, 0.2) is 30.5 Å². The largest absolute Gasteiger partial charge is 0.488 e. The average molecular weight is 457 g/mol. The van der Waals surface area contributed by atoms with Crippen LogP contribution in [0.1, 0.15) is 32.8 Å². The van der Waals surface area contributed by atoms with Crippen LogP contribution in [-0.4, -0.2) is 34.7 Å². The average Bonchev–Trinajstić information content (AvgIpc) is 2.64. The summed E-state index contributed by atoms with van der Waals surface area (Å²) in [4.78, 5) is 26.0. The number of carbonyl (C=O) groups is 2. The van der Waals surface area contributed by atoms with Gasteiger partial charge in [0.15, 0.2) is 11.6 Å². The molecule has 174 valence electrons. The van der Waals surface area contributed by atoms with Gasteiger partial charge in [-0.3, -0.25) is 4.79 Å². The second-order valence-corrected chi connectivity index (χ2v) is 7.53. The van der Waals surface area contributed by atoms with E-state index in [1.165, 1.54) is 25.3 Å². The first-order chi connectivity index (χ1) is 14.9. The zero-order valence-electron chi connectivity index (χ0n) is 17.6. The van der Waals surface area contributed by atoms with Crippen molar-refractivity contribution in [3.05, 3.63) is 41.8 Å². The Labute approximate surface area is 181 Å². The lowest BCUT2D eigenvalue weighted by molar-refractivity contribution is -0.139. The van der Waals surface area contributed by atoms with Crippen molar-refractivity contribution in [2.24, 2.45) is 5.92 Å². The summed E-state index contributed by atoms with van der Waals surface area (Å²) in [6, 6.07) is 3.46. The molecule has 32 heavy (non-hydrogen) atoms. The quantitative estimate of drug-likeness (QED) is 0.488. The van der Waals surface area contributed by atoms with Gasteiger partial charge in [0.25, 0.3) is 0 Å². The number of rotatable bonds is 8. The molecule has 0 saturated heterocycles. The smallest absolute Gasteiger partial charge is 0.420 e. The Morgan fingerprint density at radius 2 is 1.88 bits per heavy atom. The molecule has 0 saturated carbocycles. The molecule has 1 unspecified atom stereocenters. The van der Waals surface area contributed by atoms with Crippen molar-refractivity contribution < 1.29 is 37.0 Å². The highest BCUT2D eigenvalue weighted by molar-refractivity contribution is 5.88. The van der Waals surface area contributed by atoms with E-state index >= 15 is 0 Å². The van der Waals surface area contributed by atoms with Crippen LogP contribution in [0.4, 0.5) is 28.2 Å². The van der Waals surface area contributed by atoms with Gasteiger partial charge in [0.1, 0.15) is 18.0 Å². The number of alkyl halides is 3. The molecule has 0 spiro atoms. The summed E-state index contributed by atoms with van der Waals surface area (Å²) in [7, 11) is 0. The van der Waals surface area contributed by atoms with Crippen molar-refractivity contribution in [2.75, 3.05) is 11.9 Å². The molecule has 1 heterocycles. The second kappa shape index (κ2) is 10.3. The molecule has 1 aromatic carbocycles. The third-order valence-corrected chi connectivity index (χ3v) is 4.26. The highest BCUT2D eigenvalue weighted by Gasteiger charge is 2.37. The molecule has 1 atom stereocenters. The fourth-order valence-corrected chi connectivity index (χ4v) is 3.07. The van der Waals surface area contributed by atoms with Gasteiger partial charge in [-0.05, 0) is 47.7 Å². The first-order valence-electron chi connectivity index (χ1n) is 9.63. The Morgan fingerprint density at radius 1 is 1.19 bits per heavy atom. The normalized spacial score (nSPS) is 12.4. The van der Waals surface area contributed by atoms with E-state index in [-0.39, 0.29) is 29.3 Å². The lowest BCUT2D eigenvalue weighted by atomic mass is 10.0. The number of carboxylic acid groups (broad SMARTS) is 1. The summed E-state index contributed by atoms with van der Waals surface area (Å²) in [6.45, 7) is 4.37. The van der Waals surface area contributed by atoms with Crippen molar-refractivity contribution >= 4 is 17.8 Å². The van der Waals surface area contributed by atoms with Crippen LogP contribution in [-0.2, 0) is 11.0 Å². The minimum atomic E-state index is -4.94. The highest BCUT2D eigenvalue weighted by atomic mass is 19.4. The van der Waals surface area contributed by atoms with Gasteiger partial charge in [-0.1, -0.05) is 13.8 Å². The van der Waals surface area contributed by atoms with E-state index in [0.717, 1.165) is 12.1 Å². The molecule has 0 aliphatic rings. The van der Waals surface area contributed by atoms with E-state index in [4.69, 9.17) is 9.84 Å². The number of hydrogen-bond acceptors (Lipinski definition) is 4. The monoisotopic (exact) mass is 457 g/mol. The number of hydrogen-bond donors (Lipinski definition) is 3. The molecule has 0 fully saturated rings. The lowest BCUT2D eigenvalue weighted by Crippen LogP contribution is -2.39.